The number of alkyl halides is 2. The highest BCUT2D eigenvalue weighted by Crippen LogP contribution is 2.29. The summed E-state index contributed by atoms with van der Waals surface area (Å²) in [5.41, 5.74) is 1.07. The zero-order valence-electron chi connectivity index (χ0n) is 14.1. The minimum atomic E-state index is -2.50. The number of ether oxygens (including phenoxy) is 2. The van der Waals surface area contributed by atoms with Crippen LogP contribution in [0.4, 0.5) is 8.78 Å². The fraction of sp³-hybridized carbons (Fsp3) is 0.667. The van der Waals surface area contributed by atoms with Crippen molar-refractivity contribution in [2.75, 3.05) is 52.5 Å². The molecule has 2 saturated heterocycles. The third-order valence-electron chi connectivity index (χ3n) is 4.72. The molecule has 0 aromatic heterocycles. The molecule has 0 amide bonds. The van der Waals surface area contributed by atoms with Crippen molar-refractivity contribution in [3.8, 4) is 5.75 Å². The Morgan fingerprint density at radius 3 is 2.46 bits per heavy atom. The Balaban J connectivity index is 1.49. The molecule has 0 unspecified atom stereocenters. The Kier molecular flexibility index (Phi) is 6.03. The topological polar surface area (TPSA) is 24.9 Å². The summed E-state index contributed by atoms with van der Waals surface area (Å²) in [6.07, 6.45) is -0.0971. The maximum Gasteiger partial charge on any atom is 0.250 e. The first-order valence-corrected chi connectivity index (χ1v) is 8.73. The molecule has 0 bridgehead atoms. The monoisotopic (exact) mass is 340 g/mol. The van der Waals surface area contributed by atoms with E-state index >= 15 is 0 Å². The molecule has 2 aliphatic heterocycles. The van der Waals surface area contributed by atoms with Gasteiger partial charge in [-0.25, -0.2) is 8.78 Å². The van der Waals surface area contributed by atoms with Crippen molar-refractivity contribution >= 4 is 0 Å². The van der Waals surface area contributed by atoms with Crippen LogP contribution in [0.5, 0.6) is 5.75 Å². The number of halogens is 2. The molecule has 0 saturated carbocycles. The Bertz CT molecular complexity index is 511. The van der Waals surface area contributed by atoms with Crippen LogP contribution in [0.15, 0.2) is 24.3 Å². The standard InChI is InChI=1S/C18H26F2N2O2/c19-18(20)5-7-22(8-6-18)15-16-3-1-2-4-17(16)24-14-11-21-9-12-23-13-10-21/h1-4H,5-15H2. The molecule has 0 aliphatic carbocycles. The smallest absolute Gasteiger partial charge is 0.250 e. The molecule has 0 N–H and O–H groups in total. The maximum absolute atomic E-state index is 13.3. The van der Waals surface area contributed by atoms with Gasteiger partial charge in [-0.05, 0) is 6.07 Å². The van der Waals surface area contributed by atoms with Gasteiger partial charge in [-0.3, -0.25) is 9.80 Å². The summed E-state index contributed by atoms with van der Waals surface area (Å²) in [6, 6.07) is 7.92. The van der Waals surface area contributed by atoms with E-state index in [4.69, 9.17) is 9.47 Å². The van der Waals surface area contributed by atoms with Gasteiger partial charge in [0.15, 0.2) is 0 Å². The van der Waals surface area contributed by atoms with Crippen LogP contribution in [0.25, 0.3) is 0 Å². The molecule has 0 radical (unpaired) electrons. The van der Waals surface area contributed by atoms with Crippen LogP contribution >= 0.6 is 0 Å². The van der Waals surface area contributed by atoms with E-state index in [0.29, 0.717) is 26.2 Å². The van der Waals surface area contributed by atoms with Gasteiger partial charge in [-0.1, -0.05) is 18.2 Å². The number of likely N-dealkylation sites (tertiary alicyclic amines) is 1. The van der Waals surface area contributed by atoms with Crippen LogP contribution < -0.4 is 4.74 Å². The zero-order chi connectivity index (χ0) is 16.8. The van der Waals surface area contributed by atoms with Gasteiger partial charge in [0.05, 0.1) is 13.2 Å². The lowest BCUT2D eigenvalue weighted by Gasteiger charge is -2.32. The molecule has 24 heavy (non-hydrogen) atoms. The molecule has 1 aromatic carbocycles. The lowest BCUT2D eigenvalue weighted by molar-refractivity contribution is -0.0567. The molecule has 1 aromatic rings. The number of piperidine rings is 1. The SMILES string of the molecule is FC1(F)CCN(Cc2ccccc2OCCN2CCOCC2)CC1. The Hall–Kier alpha value is -1.24. The molecular formula is C18H26F2N2O2. The highest BCUT2D eigenvalue weighted by molar-refractivity contribution is 5.33. The first-order chi connectivity index (χ1) is 11.6. The van der Waals surface area contributed by atoms with Crippen molar-refractivity contribution in [3.63, 3.8) is 0 Å². The molecule has 2 fully saturated rings. The van der Waals surface area contributed by atoms with Crippen LogP contribution in [0.2, 0.25) is 0 Å². The summed E-state index contributed by atoms with van der Waals surface area (Å²) in [5, 5.41) is 0. The summed E-state index contributed by atoms with van der Waals surface area (Å²) < 4.78 is 37.9. The van der Waals surface area contributed by atoms with Crippen LogP contribution in [0, 0.1) is 0 Å². The number of nitrogens with zero attached hydrogens (tertiary/aromatic N) is 2. The third kappa shape index (κ3) is 5.13. The second-order valence-electron chi connectivity index (χ2n) is 6.54. The van der Waals surface area contributed by atoms with Gasteiger partial charge in [0.1, 0.15) is 12.4 Å². The summed E-state index contributed by atoms with van der Waals surface area (Å²) in [7, 11) is 0. The third-order valence-corrected chi connectivity index (χ3v) is 4.72. The predicted molar refractivity (Wildman–Crippen MR) is 88.7 cm³/mol. The lowest BCUT2D eigenvalue weighted by atomic mass is 10.1. The molecule has 6 heteroatoms. The molecule has 3 rings (SSSR count). The second-order valence-corrected chi connectivity index (χ2v) is 6.54. The summed E-state index contributed by atoms with van der Waals surface area (Å²) in [5.74, 6) is -1.63. The van der Waals surface area contributed by atoms with Crippen molar-refractivity contribution in [1.82, 2.24) is 9.80 Å². The minimum Gasteiger partial charge on any atom is -0.492 e. The summed E-state index contributed by atoms with van der Waals surface area (Å²) >= 11 is 0. The number of hydrogen-bond acceptors (Lipinski definition) is 4. The van der Waals surface area contributed by atoms with Crippen LogP contribution in [-0.4, -0.2) is 68.3 Å². The van der Waals surface area contributed by atoms with E-state index in [1.165, 1.54) is 0 Å². The maximum atomic E-state index is 13.3. The largest absolute Gasteiger partial charge is 0.492 e. The second kappa shape index (κ2) is 8.23. The van der Waals surface area contributed by atoms with E-state index in [-0.39, 0.29) is 12.8 Å². The average molecular weight is 340 g/mol. The van der Waals surface area contributed by atoms with Gasteiger partial charge in [-0.2, -0.15) is 0 Å². The van der Waals surface area contributed by atoms with Crippen molar-refractivity contribution in [2.45, 2.75) is 25.3 Å². The fourth-order valence-corrected chi connectivity index (χ4v) is 3.16. The number of benzene rings is 1. The lowest BCUT2D eigenvalue weighted by Crippen LogP contribution is -2.39. The van der Waals surface area contributed by atoms with Gasteiger partial charge in [0.2, 0.25) is 0 Å². The van der Waals surface area contributed by atoms with Crippen molar-refractivity contribution in [3.05, 3.63) is 29.8 Å². The number of morpholine rings is 1. The molecule has 2 aliphatic rings. The molecule has 2 heterocycles. The molecule has 134 valence electrons. The predicted octanol–water partition coefficient (Wildman–Crippen LogP) is 2.63. The Morgan fingerprint density at radius 1 is 1.00 bits per heavy atom. The van der Waals surface area contributed by atoms with Gasteiger partial charge in [-0.15, -0.1) is 0 Å². The van der Waals surface area contributed by atoms with Gasteiger partial charge < -0.3 is 9.47 Å². The highest BCUT2D eigenvalue weighted by atomic mass is 19.3. The normalized spacial score (nSPS) is 22.4. The van der Waals surface area contributed by atoms with Crippen molar-refractivity contribution < 1.29 is 18.3 Å². The Morgan fingerprint density at radius 2 is 1.71 bits per heavy atom. The zero-order valence-corrected chi connectivity index (χ0v) is 14.1. The van der Waals surface area contributed by atoms with Crippen molar-refractivity contribution in [1.29, 1.82) is 0 Å². The summed E-state index contributed by atoms with van der Waals surface area (Å²) in [6.45, 7) is 6.54. The summed E-state index contributed by atoms with van der Waals surface area (Å²) in [4.78, 5) is 4.42. The van der Waals surface area contributed by atoms with E-state index < -0.39 is 5.92 Å². The van der Waals surface area contributed by atoms with Crippen LogP contribution in [0.1, 0.15) is 18.4 Å². The number of hydrogen-bond donors (Lipinski definition) is 0. The molecule has 4 nitrogen and oxygen atoms in total. The molecular weight excluding hydrogens is 314 g/mol. The Labute approximate surface area is 142 Å². The van der Waals surface area contributed by atoms with E-state index in [1.807, 2.05) is 24.3 Å². The van der Waals surface area contributed by atoms with Crippen molar-refractivity contribution in [2.24, 2.45) is 0 Å². The van der Waals surface area contributed by atoms with Crippen LogP contribution in [-0.2, 0) is 11.3 Å². The minimum absolute atomic E-state index is 0.0486. The van der Waals surface area contributed by atoms with Crippen LogP contribution in [0.3, 0.4) is 0 Å². The highest BCUT2D eigenvalue weighted by Gasteiger charge is 2.33. The first kappa shape index (κ1) is 17.6. The fourth-order valence-electron chi connectivity index (χ4n) is 3.16. The number of para-hydroxylation sites is 1. The molecule has 0 spiro atoms. The van der Waals surface area contributed by atoms with E-state index in [9.17, 15) is 8.78 Å². The molecule has 0 atom stereocenters. The average Bonchev–Trinajstić information content (AvgIpc) is 2.59. The van der Waals surface area contributed by atoms with E-state index in [2.05, 4.69) is 9.80 Å². The van der Waals surface area contributed by atoms with E-state index in [0.717, 1.165) is 44.2 Å². The van der Waals surface area contributed by atoms with Gasteiger partial charge in [0, 0.05) is 57.7 Å². The van der Waals surface area contributed by atoms with Gasteiger partial charge >= 0.3 is 0 Å². The van der Waals surface area contributed by atoms with Gasteiger partial charge in [0.25, 0.3) is 5.92 Å². The van der Waals surface area contributed by atoms with E-state index in [1.54, 1.807) is 0 Å². The first-order valence-electron chi connectivity index (χ1n) is 8.73. The quantitative estimate of drug-likeness (QED) is 0.795. The number of rotatable bonds is 6.